The fourth-order valence-corrected chi connectivity index (χ4v) is 4.25. The monoisotopic (exact) mass is 416 g/mol. The van der Waals surface area contributed by atoms with E-state index in [9.17, 15) is 12.8 Å². The molecule has 0 saturated carbocycles. The quantitative estimate of drug-likeness (QED) is 0.511. The Morgan fingerprint density at radius 1 is 1.11 bits per heavy atom. The predicted octanol–water partition coefficient (Wildman–Crippen LogP) is 4.53. The highest BCUT2D eigenvalue weighted by molar-refractivity contribution is 7.92. The van der Waals surface area contributed by atoms with Gasteiger partial charge in [0.1, 0.15) is 17.8 Å². The number of anilines is 1. The summed E-state index contributed by atoms with van der Waals surface area (Å²) in [5.41, 5.74) is 2.25. The lowest BCUT2D eigenvalue weighted by Crippen LogP contribution is -2.13. The molecule has 0 spiro atoms. The van der Waals surface area contributed by atoms with Crippen LogP contribution in [0.4, 0.5) is 10.1 Å². The molecule has 142 valence electrons. The van der Waals surface area contributed by atoms with Gasteiger partial charge in [-0.25, -0.2) is 22.8 Å². The molecule has 0 bridgehead atoms. The van der Waals surface area contributed by atoms with Crippen LogP contribution in [-0.4, -0.2) is 23.4 Å². The van der Waals surface area contributed by atoms with Gasteiger partial charge in [0, 0.05) is 21.7 Å². The molecule has 0 aliphatic carbocycles. The van der Waals surface area contributed by atoms with Gasteiger partial charge in [0.2, 0.25) is 0 Å². The highest BCUT2D eigenvalue weighted by atomic mass is 35.5. The molecule has 0 radical (unpaired) electrons. The molecular weight excluding hydrogens is 403 g/mol. The van der Waals surface area contributed by atoms with Crippen LogP contribution in [0.25, 0.3) is 22.3 Å². The summed E-state index contributed by atoms with van der Waals surface area (Å²) in [4.78, 5) is 11.4. The summed E-state index contributed by atoms with van der Waals surface area (Å²) in [5.74, 6) is -0.606. The standard InChI is InChI=1S/C19H14ClFN4O2S/c1-11-7-16-18(22-10-23-19(16)24-11)15-6-5-13(9-17(15)21)25-28(26,27)14-4-2-3-12(20)8-14/h2-10,25H,1H3,(H,22,23,24). The van der Waals surface area contributed by atoms with E-state index in [4.69, 9.17) is 11.6 Å². The van der Waals surface area contributed by atoms with Crippen LogP contribution in [0.1, 0.15) is 5.69 Å². The summed E-state index contributed by atoms with van der Waals surface area (Å²) >= 11 is 5.85. The van der Waals surface area contributed by atoms with Gasteiger partial charge in [0.15, 0.2) is 0 Å². The molecule has 0 atom stereocenters. The summed E-state index contributed by atoms with van der Waals surface area (Å²) < 4.78 is 42.1. The zero-order chi connectivity index (χ0) is 19.9. The molecule has 2 heterocycles. The summed E-state index contributed by atoms with van der Waals surface area (Å²) in [6.45, 7) is 1.87. The number of sulfonamides is 1. The Balaban J connectivity index is 1.70. The van der Waals surface area contributed by atoms with Gasteiger partial charge in [-0.1, -0.05) is 17.7 Å². The molecule has 6 nitrogen and oxygen atoms in total. The van der Waals surface area contributed by atoms with E-state index in [-0.39, 0.29) is 16.1 Å². The van der Waals surface area contributed by atoms with Crippen LogP contribution in [0.3, 0.4) is 0 Å². The van der Waals surface area contributed by atoms with E-state index in [1.807, 2.05) is 13.0 Å². The van der Waals surface area contributed by atoms with Gasteiger partial charge in [-0.15, -0.1) is 0 Å². The minimum atomic E-state index is -3.89. The Labute approximate surface area is 165 Å². The Morgan fingerprint density at radius 2 is 1.93 bits per heavy atom. The second-order valence-electron chi connectivity index (χ2n) is 6.19. The minimum Gasteiger partial charge on any atom is -0.343 e. The van der Waals surface area contributed by atoms with Gasteiger partial charge in [0.25, 0.3) is 10.0 Å². The van der Waals surface area contributed by atoms with Crippen LogP contribution >= 0.6 is 11.6 Å². The maximum atomic E-state index is 14.8. The lowest BCUT2D eigenvalue weighted by molar-refractivity contribution is 0.601. The third kappa shape index (κ3) is 3.44. The molecule has 0 aliphatic heterocycles. The first kappa shape index (κ1) is 18.4. The summed E-state index contributed by atoms with van der Waals surface area (Å²) in [5, 5.41) is 0.977. The molecule has 4 aromatic rings. The van der Waals surface area contributed by atoms with Crippen LogP contribution in [0.15, 0.2) is 59.8 Å². The fraction of sp³-hybridized carbons (Fsp3) is 0.0526. The van der Waals surface area contributed by atoms with E-state index < -0.39 is 15.8 Å². The number of hydrogen-bond acceptors (Lipinski definition) is 4. The first-order valence-corrected chi connectivity index (χ1v) is 10.1. The maximum Gasteiger partial charge on any atom is 0.261 e. The first-order chi connectivity index (χ1) is 13.3. The van der Waals surface area contributed by atoms with Gasteiger partial charge >= 0.3 is 0 Å². The van der Waals surface area contributed by atoms with Crippen molar-refractivity contribution in [2.24, 2.45) is 0 Å². The van der Waals surface area contributed by atoms with Crippen LogP contribution < -0.4 is 4.72 Å². The van der Waals surface area contributed by atoms with Gasteiger partial charge in [-0.3, -0.25) is 4.72 Å². The van der Waals surface area contributed by atoms with Crippen molar-refractivity contribution in [3.8, 4) is 11.3 Å². The summed E-state index contributed by atoms with van der Waals surface area (Å²) in [7, 11) is -3.89. The fourth-order valence-electron chi connectivity index (χ4n) is 2.90. The molecule has 0 saturated heterocycles. The Hall–Kier alpha value is -2.97. The molecule has 2 N–H and O–H groups in total. The number of halogens is 2. The molecule has 4 rings (SSSR count). The Kier molecular flexibility index (Phi) is 4.52. The number of nitrogens with zero attached hydrogens (tertiary/aromatic N) is 2. The number of H-pyrrole nitrogens is 1. The largest absolute Gasteiger partial charge is 0.343 e. The minimum absolute atomic E-state index is 0.00945. The molecule has 0 unspecified atom stereocenters. The van der Waals surface area contributed by atoms with Gasteiger partial charge in [0.05, 0.1) is 16.3 Å². The number of fused-ring (bicyclic) bond motifs is 1. The number of nitrogens with one attached hydrogen (secondary N) is 2. The van der Waals surface area contributed by atoms with Crippen molar-refractivity contribution in [2.75, 3.05) is 4.72 Å². The van der Waals surface area contributed by atoms with Crippen molar-refractivity contribution in [1.82, 2.24) is 15.0 Å². The molecule has 0 fully saturated rings. The Bertz CT molecular complexity index is 1300. The molecular formula is C19H14ClFN4O2S. The van der Waals surface area contributed by atoms with E-state index in [0.717, 1.165) is 11.8 Å². The molecule has 0 amide bonds. The van der Waals surface area contributed by atoms with Crippen molar-refractivity contribution in [2.45, 2.75) is 11.8 Å². The average molecular weight is 417 g/mol. The second kappa shape index (κ2) is 6.88. The Morgan fingerprint density at radius 3 is 2.68 bits per heavy atom. The number of benzene rings is 2. The zero-order valence-electron chi connectivity index (χ0n) is 14.6. The van der Waals surface area contributed by atoms with Crippen molar-refractivity contribution in [3.63, 3.8) is 0 Å². The first-order valence-electron chi connectivity index (χ1n) is 8.22. The number of aromatic amines is 1. The number of aryl methyl sites for hydroxylation is 1. The molecule has 2 aromatic carbocycles. The van der Waals surface area contributed by atoms with E-state index in [1.165, 1.54) is 36.7 Å². The number of aromatic nitrogens is 3. The van der Waals surface area contributed by atoms with Gasteiger partial charge in [-0.05, 0) is 49.4 Å². The van der Waals surface area contributed by atoms with Crippen LogP contribution in [-0.2, 0) is 10.0 Å². The summed E-state index contributed by atoms with van der Waals surface area (Å²) in [6, 6.07) is 11.7. The van der Waals surface area contributed by atoms with E-state index in [0.29, 0.717) is 21.7 Å². The van der Waals surface area contributed by atoms with Crippen LogP contribution in [0.5, 0.6) is 0 Å². The molecule has 0 aliphatic rings. The van der Waals surface area contributed by atoms with Gasteiger partial charge in [-0.2, -0.15) is 0 Å². The highest BCUT2D eigenvalue weighted by Gasteiger charge is 2.17. The van der Waals surface area contributed by atoms with Crippen molar-refractivity contribution in [3.05, 3.63) is 71.4 Å². The second-order valence-corrected chi connectivity index (χ2v) is 8.31. The average Bonchev–Trinajstić information content (AvgIpc) is 3.02. The normalized spacial score (nSPS) is 11.7. The zero-order valence-corrected chi connectivity index (χ0v) is 16.1. The lowest BCUT2D eigenvalue weighted by atomic mass is 10.1. The third-order valence-corrected chi connectivity index (χ3v) is 5.76. The van der Waals surface area contributed by atoms with Crippen LogP contribution in [0.2, 0.25) is 5.02 Å². The predicted molar refractivity (Wildman–Crippen MR) is 106 cm³/mol. The highest BCUT2D eigenvalue weighted by Crippen LogP contribution is 2.30. The summed E-state index contributed by atoms with van der Waals surface area (Å²) in [6.07, 6.45) is 1.35. The van der Waals surface area contributed by atoms with E-state index in [2.05, 4.69) is 19.7 Å². The van der Waals surface area contributed by atoms with Crippen molar-refractivity contribution >= 4 is 38.3 Å². The number of rotatable bonds is 4. The lowest BCUT2D eigenvalue weighted by Gasteiger charge is -2.10. The smallest absolute Gasteiger partial charge is 0.261 e. The van der Waals surface area contributed by atoms with Crippen LogP contribution in [0, 0.1) is 12.7 Å². The van der Waals surface area contributed by atoms with Crippen molar-refractivity contribution < 1.29 is 12.8 Å². The van der Waals surface area contributed by atoms with Crippen molar-refractivity contribution in [1.29, 1.82) is 0 Å². The number of hydrogen-bond donors (Lipinski definition) is 2. The maximum absolute atomic E-state index is 14.8. The third-order valence-electron chi connectivity index (χ3n) is 4.14. The molecule has 9 heteroatoms. The SMILES string of the molecule is Cc1cc2c(-c3ccc(NS(=O)(=O)c4cccc(Cl)c4)cc3F)ncnc2[nH]1. The van der Waals surface area contributed by atoms with E-state index >= 15 is 0 Å². The molecule has 28 heavy (non-hydrogen) atoms. The topological polar surface area (TPSA) is 87.7 Å². The molecule has 2 aromatic heterocycles. The van der Waals surface area contributed by atoms with E-state index in [1.54, 1.807) is 6.07 Å². The van der Waals surface area contributed by atoms with Gasteiger partial charge < -0.3 is 4.98 Å².